The lowest BCUT2D eigenvalue weighted by Crippen LogP contribution is -2.54. The predicted molar refractivity (Wildman–Crippen MR) is 82.3 cm³/mol. The highest BCUT2D eigenvalue weighted by Gasteiger charge is 2.24. The molecule has 2 N–H and O–H groups in total. The van der Waals surface area contributed by atoms with Gasteiger partial charge in [0.05, 0.1) is 0 Å². The second-order valence-electron chi connectivity index (χ2n) is 6.00. The number of amides is 2. The average molecular weight is 299 g/mol. The van der Waals surface area contributed by atoms with Crippen LogP contribution in [-0.2, 0) is 4.79 Å². The molecule has 0 bridgehead atoms. The fourth-order valence-corrected chi connectivity index (χ4v) is 2.61. The van der Waals surface area contributed by atoms with Crippen molar-refractivity contribution in [1.29, 1.82) is 0 Å². The number of hydrogen-bond donors (Lipinski definition) is 2. The molecule has 2 unspecified atom stereocenters. The number of nitrogens with one attached hydrogen (secondary N) is 1. The zero-order valence-corrected chi connectivity index (χ0v) is 13.5. The summed E-state index contributed by atoms with van der Waals surface area (Å²) in [4.78, 5) is 26.8. The zero-order chi connectivity index (χ0) is 15.8. The van der Waals surface area contributed by atoms with Crippen LogP contribution in [-0.4, -0.2) is 66.2 Å². The van der Waals surface area contributed by atoms with Gasteiger partial charge in [-0.25, -0.2) is 4.79 Å². The summed E-state index contributed by atoms with van der Waals surface area (Å²) in [6.07, 6.45) is 2.70. The second kappa shape index (κ2) is 8.87. The average Bonchev–Trinajstić information content (AvgIpc) is 2.45. The summed E-state index contributed by atoms with van der Waals surface area (Å²) in [5.74, 6) is -0.378. The molecule has 1 aliphatic rings. The molecule has 1 aliphatic heterocycles. The number of nitrogens with zero attached hydrogens (tertiary/aromatic N) is 2. The molecule has 0 saturated carbocycles. The normalized spacial score (nSPS) is 21.1. The lowest BCUT2D eigenvalue weighted by Gasteiger charge is -2.37. The largest absolute Gasteiger partial charge is 0.481 e. The maximum atomic E-state index is 12.1. The number of carbonyl (C=O) groups is 2. The monoisotopic (exact) mass is 299 g/mol. The molecule has 122 valence electrons. The van der Waals surface area contributed by atoms with Gasteiger partial charge in [-0.1, -0.05) is 13.3 Å². The molecule has 21 heavy (non-hydrogen) atoms. The van der Waals surface area contributed by atoms with Crippen LogP contribution in [0.3, 0.4) is 0 Å². The number of rotatable bonds is 7. The highest BCUT2D eigenvalue weighted by Crippen LogP contribution is 2.15. The number of carbonyl (C=O) groups excluding carboxylic acids is 1. The van der Waals surface area contributed by atoms with Crippen molar-refractivity contribution in [3.63, 3.8) is 0 Å². The van der Waals surface area contributed by atoms with Gasteiger partial charge in [0.15, 0.2) is 0 Å². The van der Waals surface area contributed by atoms with E-state index in [4.69, 9.17) is 5.11 Å². The van der Waals surface area contributed by atoms with Crippen LogP contribution in [0, 0.1) is 5.92 Å². The summed E-state index contributed by atoms with van der Waals surface area (Å²) in [5.41, 5.74) is 0. The van der Waals surface area contributed by atoms with Gasteiger partial charge in [-0.3, -0.25) is 4.79 Å². The molecule has 0 aromatic heterocycles. The molecule has 0 spiro atoms. The van der Waals surface area contributed by atoms with Crippen molar-refractivity contribution in [2.24, 2.45) is 5.92 Å². The van der Waals surface area contributed by atoms with Crippen LogP contribution in [0.4, 0.5) is 4.79 Å². The van der Waals surface area contributed by atoms with Crippen molar-refractivity contribution in [2.45, 2.75) is 45.6 Å². The quantitative estimate of drug-likeness (QED) is 0.749. The minimum atomic E-state index is -0.746. The molecule has 0 aromatic rings. The molecule has 1 saturated heterocycles. The summed E-state index contributed by atoms with van der Waals surface area (Å²) < 4.78 is 0. The number of hydrogen-bond acceptors (Lipinski definition) is 3. The molecule has 0 aliphatic carbocycles. The Morgan fingerprint density at radius 3 is 2.62 bits per heavy atom. The molecule has 1 fully saturated rings. The Kier molecular flexibility index (Phi) is 7.50. The number of likely N-dealkylation sites (N-methyl/N-ethyl adjacent to an activating group) is 1. The first-order valence-electron chi connectivity index (χ1n) is 7.88. The summed E-state index contributed by atoms with van der Waals surface area (Å²) in [6.45, 7) is 7.25. The van der Waals surface area contributed by atoms with E-state index in [0.717, 1.165) is 32.5 Å². The van der Waals surface area contributed by atoms with Crippen molar-refractivity contribution in [3.05, 3.63) is 0 Å². The van der Waals surface area contributed by atoms with Crippen LogP contribution in [0.2, 0.25) is 0 Å². The fourth-order valence-electron chi connectivity index (χ4n) is 2.61. The van der Waals surface area contributed by atoms with Gasteiger partial charge in [-0.15, -0.1) is 0 Å². The Morgan fingerprint density at radius 2 is 2.05 bits per heavy atom. The van der Waals surface area contributed by atoms with Crippen LogP contribution < -0.4 is 5.32 Å². The van der Waals surface area contributed by atoms with Gasteiger partial charge in [0, 0.05) is 38.6 Å². The molecule has 1 heterocycles. The first-order valence-corrected chi connectivity index (χ1v) is 7.88. The predicted octanol–water partition coefficient (Wildman–Crippen LogP) is 1.61. The van der Waals surface area contributed by atoms with Crippen LogP contribution >= 0.6 is 0 Å². The molecule has 6 heteroatoms. The second-order valence-corrected chi connectivity index (χ2v) is 6.00. The number of piperazine rings is 1. The van der Waals surface area contributed by atoms with E-state index in [2.05, 4.69) is 31.1 Å². The lowest BCUT2D eigenvalue weighted by molar-refractivity contribution is -0.137. The summed E-state index contributed by atoms with van der Waals surface area (Å²) in [7, 11) is 2.08. The molecule has 0 radical (unpaired) electrons. The van der Waals surface area contributed by atoms with E-state index in [0.29, 0.717) is 24.9 Å². The molecule has 2 atom stereocenters. The maximum absolute atomic E-state index is 12.1. The summed E-state index contributed by atoms with van der Waals surface area (Å²) >= 11 is 0. The van der Waals surface area contributed by atoms with E-state index in [1.54, 1.807) is 0 Å². The first-order chi connectivity index (χ1) is 9.93. The Balaban J connectivity index is 2.24. The van der Waals surface area contributed by atoms with Crippen molar-refractivity contribution in [3.8, 4) is 0 Å². The van der Waals surface area contributed by atoms with Gasteiger partial charge < -0.3 is 20.2 Å². The smallest absolute Gasteiger partial charge is 0.317 e. The maximum Gasteiger partial charge on any atom is 0.317 e. The standard InChI is InChI=1S/C15H29N3O3/c1-4-13(5-6-14(19)20)7-8-16-15(21)18-10-9-17(3)12(2)11-18/h12-13H,4-11H2,1-3H3,(H,16,21)(H,19,20). The minimum absolute atomic E-state index is 0.00281. The van der Waals surface area contributed by atoms with E-state index in [-0.39, 0.29) is 12.5 Å². The van der Waals surface area contributed by atoms with Crippen LogP contribution in [0.1, 0.15) is 39.5 Å². The van der Waals surface area contributed by atoms with Crippen LogP contribution in [0.15, 0.2) is 0 Å². The van der Waals surface area contributed by atoms with Crippen molar-refractivity contribution < 1.29 is 14.7 Å². The number of carboxylic acids is 1. The molecule has 2 amide bonds. The van der Waals surface area contributed by atoms with Crippen molar-refractivity contribution >= 4 is 12.0 Å². The third-order valence-electron chi connectivity index (χ3n) is 4.42. The van der Waals surface area contributed by atoms with Gasteiger partial charge >= 0.3 is 12.0 Å². The van der Waals surface area contributed by atoms with Gasteiger partial charge in [0.25, 0.3) is 0 Å². The number of aliphatic carboxylic acids is 1. The molecular formula is C15H29N3O3. The van der Waals surface area contributed by atoms with E-state index in [1.807, 2.05) is 4.90 Å². The molecular weight excluding hydrogens is 270 g/mol. The van der Waals surface area contributed by atoms with Gasteiger partial charge in [-0.2, -0.15) is 0 Å². The Morgan fingerprint density at radius 1 is 1.33 bits per heavy atom. The third-order valence-corrected chi connectivity index (χ3v) is 4.42. The highest BCUT2D eigenvalue weighted by molar-refractivity contribution is 5.74. The third kappa shape index (κ3) is 6.33. The minimum Gasteiger partial charge on any atom is -0.481 e. The van der Waals surface area contributed by atoms with Crippen LogP contribution in [0.25, 0.3) is 0 Å². The van der Waals surface area contributed by atoms with E-state index < -0.39 is 5.97 Å². The van der Waals surface area contributed by atoms with E-state index in [1.165, 1.54) is 0 Å². The molecule has 0 aromatic carbocycles. The SMILES string of the molecule is CCC(CCNC(=O)N1CCN(C)C(C)C1)CCC(=O)O. The summed E-state index contributed by atoms with van der Waals surface area (Å²) in [6, 6.07) is 0.395. The van der Waals surface area contributed by atoms with Crippen molar-refractivity contribution in [1.82, 2.24) is 15.1 Å². The Bertz CT molecular complexity index is 349. The first kappa shape index (κ1) is 17.8. The van der Waals surface area contributed by atoms with Gasteiger partial charge in [0.1, 0.15) is 0 Å². The van der Waals surface area contributed by atoms with Crippen molar-refractivity contribution in [2.75, 3.05) is 33.2 Å². The zero-order valence-electron chi connectivity index (χ0n) is 13.5. The van der Waals surface area contributed by atoms with E-state index >= 15 is 0 Å². The molecule has 6 nitrogen and oxygen atoms in total. The highest BCUT2D eigenvalue weighted by atomic mass is 16.4. The topological polar surface area (TPSA) is 72.9 Å². The van der Waals surface area contributed by atoms with E-state index in [9.17, 15) is 9.59 Å². The van der Waals surface area contributed by atoms with Gasteiger partial charge in [-0.05, 0) is 32.7 Å². The Labute approximate surface area is 127 Å². The Hall–Kier alpha value is -1.30. The molecule has 1 rings (SSSR count). The van der Waals surface area contributed by atoms with Gasteiger partial charge in [0.2, 0.25) is 0 Å². The lowest BCUT2D eigenvalue weighted by atomic mass is 9.97. The summed E-state index contributed by atoms with van der Waals surface area (Å²) in [5, 5.41) is 11.7. The van der Waals surface area contributed by atoms with Crippen LogP contribution in [0.5, 0.6) is 0 Å². The fraction of sp³-hybridized carbons (Fsp3) is 0.867. The number of carboxylic acid groups (broad SMARTS) is 1. The number of urea groups is 1.